The SMILES string of the molecule is CCCc1nc(COC(=O)Cn2c(=O)n(CC)c(=O)c3ccccc32)cs1. The van der Waals surface area contributed by atoms with Gasteiger partial charge in [0.25, 0.3) is 5.56 Å². The van der Waals surface area contributed by atoms with Gasteiger partial charge in [-0.15, -0.1) is 11.3 Å². The predicted molar refractivity (Wildman–Crippen MR) is 104 cm³/mol. The molecular weight excluding hydrogens is 366 g/mol. The molecule has 0 bridgehead atoms. The molecule has 0 N–H and O–H groups in total. The van der Waals surface area contributed by atoms with Crippen LogP contribution in [0, 0.1) is 0 Å². The third-order valence-electron chi connectivity index (χ3n) is 4.18. The van der Waals surface area contributed by atoms with E-state index in [0.717, 1.165) is 22.4 Å². The fraction of sp³-hybridized carbons (Fsp3) is 0.368. The van der Waals surface area contributed by atoms with Crippen LogP contribution < -0.4 is 11.2 Å². The van der Waals surface area contributed by atoms with Gasteiger partial charge in [0, 0.05) is 11.9 Å². The van der Waals surface area contributed by atoms with Gasteiger partial charge in [0.15, 0.2) is 0 Å². The van der Waals surface area contributed by atoms with Crippen LogP contribution in [-0.2, 0) is 35.6 Å². The summed E-state index contributed by atoms with van der Waals surface area (Å²) in [6.07, 6.45) is 1.91. The molecule has 0 radical (unpaired) electrons. The van der Waals surface area contributed by atoms with Crippen molar-refractivity contribution in [2.45, 2.75) is 46.4 Å². The van der Waals surface area contributed by atoms with E-state index in [4.69, 9.17) is 4.74 Å². The van der Waals surface area contributed by atoms with E-state index < -0.39 is 11.7 Å². The Morgan fingerprint density at radius 3 is 2.70 bits per heavy atom. The molecule has 3 aromatic rings. The third kappa shape index (κ3) is 4.00. The number of fused-ring (bicyclic) bond motifs is 1. The summed E-state index contributed by atoms with van der Waals surface area (Å²) < 4.78 is 7.69. The molecule has 142 valence electrons. The molecule has 0 aliphatic heterocycles. The number of benzene rings is 1. The number of aromatic nitrogens is 3. The number of ether oxygens (including phenoxy) is 1. The first-order valence-corrected chi connectivity index (χ1v) is 9.74. The zero-order chi connectivity index (χ0) is 19.4. The summed E-state index contributed by atoms with van der Waals surface area (Å²) >= 11 is 1.54. The van der Waals surface area contributed by atoms with Crippen molar-refractivity contribution >= 4 is 28.2 Å². The average Bonchev–Trinajstić information content (AvgIpc) is 3.12. The Balaban J connectivity index is 1.82. The number of nitrogens with zero attached hydrogens (tertiary/aromatic N) is 3. The lowest BCUT2D eigenvalue weighted by Crippen LogP contribution is -2.40. The van der Waals surface area contributed by atoms with Gasteiger partial charge in [-0.05, 0) is 31.9 Å². The second-order valence-electron chi connectivity index (χ2n) is 6.08. The molecule has 0 fully saturated rings. The highest BCUT2D eigenvalue weighted by molar-refractivity contribution is 7.09. The second kappa shape index (κ2) is 8.30. The number of rotatable bonds is 7. The van der Waals surface area contributed by atoms with Crippen molar-refractivity contribution in [2.24, 2.45) is 0 Å². The van der Waals surface area contributed by atoms with Crippen molar-refractivity contribution in [3.63, 3.8) is 0 Å². The van der Waals surface area contributed by atoms with Crippen molar-refractivity contribution in [3.8, 4) is 0 Å². The molecule has 3 rings (SSSR count). The van der Waals surface area contributed by atoms with Gasteiger partial charge >= 0.3 is 11.7 Å². The van der Waals surface area contributed by atoms with Gasteiger partial charge in [-0.25, -0.2) is 9.78 Å². The maximum atomic E-state index is 12.6. The van der Waals surface area contributed by atoms with Crippen molar-refractivity contribution in [2.75, 3.05) is 0 Å². The summed E-state index contributed by atoms with van der Waals surface area (Å²) in [5.41, 5.74) is 0.256. The molecule has 1 aromatic carbocycles. The topological polar surface area (TPSA) is 83.2 Å². The standard InChI is InChI=1S/C19H21N3O4S/c1-3-7-16-20-13(12-27-16)11-26-17(23)10-22-15-9-6-5-8-14(15)18(24)21(4-2)19(22)25/h5-6,8-9,12H,3-4,7,10-11H2,1-2H3. The Morgan fingerprint density at radius 2 is 1.96 bits per heavy atom. The highest BCUT2D eigenvalue weighted by Gasteiger charge is 2.15. The molecule has 0 saturated heterocycles. The molecule has 0 saturated carbocycles. The number of thiazole rings is 1. The molecule has 2 aromatic heterocycles. The van der Waals surface area contributed by atoms with Crippen LogP contribution in [0.4, 0.5) is 0 Å². The first-order chi connectivity index (χ1) is 13.0. The van der Waals surface area contributed by atoms with Gasteiger partial charge in [-0.2, -0.15) is 0 Å². The lowest BCUT2D eigenvalue weighted by molar-refractivity contribution is -0.145. The number of hydrogen-bond acceptors (Lipinski definition) is 6. The molecule has 27 heavy (non-hydrogen) atoms. The monoisotopic (exact) mass is 387 g/mol. The number of para-hydroxylation sites is 1. The maximum absolute atomic E-state index is 12.6. The molecule has 0 unspecified atom stereocenters. The molecule has 0 amide bonds. The van der Waals surface area contributed by atoms with Crippen LogP contribution in [0.5, 0.6) is 0 Å². The molecule has 0 spiro atoms. The number of carbonyl (C=O) groups is 1. The van der Waals surface area contributed by atoms with Crippen molar-refractivity contribution in [1.29, 1.82) is 0 Å². The fourth-order valence-electron chi connectivity index (χ4n) is 2.88. The number of esters is 1. The third-order valence-corrected chi connectivity index (χ3v) is 5.14. The van der Waals surface area contributed by atoms with E-state index in [0.29, 0.717) is 16.6 Å². The molecule has 0 aliphatic carbocycles. The zero-order valence-corrected chi connectivity index (χ0v) is 16.1. The van der Waals surface area contributed by atoms with Gasteiger partial charge < -0.3 is 4.74 Å². The first kappa shape index (κ1) is 19.0. The number of aryl methyl sites for hydroxylation is 1. The van der Waals surface area contributed by atoms with E-state index in [1.54, 1.807) is 42.5 Å². The fourth-order valence-corrected chi connectivity index (χ4v) is 3.76. The van der Waals surface area contributed by atoms with Crippen molar-refractivity contribution in [1.82, 2.24) is 14.1 Å². The van der Waals surface area contributed by atoms with E-state index >= 15 is 0 Å². The van der Waals surface area contributed by atoms with E-state index in [-0.39, 0.29) is 25.3 Å². The van der Waals surface area contributed by atoms with Crippen LogP contribution in [0.25, 0.3) is 10.9 Å². The van der Waals surface area contributed by atoms with Crippen LogP contribution in [0.3, 0.4) is 0 Å². The van der Waals surface area contributed by atoms with E-state index in [1.807, 2.05) is 5.38 Å². The van der Waals surface area contributed by atoms with Crippen molar-refractivity contribution < 1.29 is 9.53 Å². The van der Waals surface area contributed by atoms with E-state index in [9.17, 15) is 14.4 Å². The highest BCUT2D eigenvalue weighted by atomic mass is 32.1. The average molecular weight is 387 g/mol. The molecular formula is C19H21N3O4S. The Labute approximate surface area is 159 Å². The smallest absolute Gasteiger partial charge is 0.332 e. The second-order valence-corrected chi connectivity index (χ2v) is 7.02. The quantitative estimate of drug-likeness (QED) is 0.581. The molecule has 7 nitrogen and oxygen atoms in total. The van der Waals surface area contributed by atoms with Gasteiger partial charge in [0.2, 0.25) is 0 Å². The van der Waals surface area contributed by atoms with Crippen LogP contribution in [0.15, 0.2) is 39.2 Å². The normalized spacial score (nSPS) is 11.0. The number of carbonyl (C=O) groups excluding carboxylic acids is 1. The van der Waals surface area contributed by atoms with Gasteiger partial charge in [-0.3, -0.25) is 18.7 Å². The minimum absolute atomic E-state index is 0.0686. The largest absolute Gasteiger partial charge is 0.458 e. The maximum Gasteiger partial charge on any atom is 0.332 e. The van der Waals surface area contributed by atoms with E-state index in [2.05, 4.69) is 11.9 Å². The molecule has 0 atom stereocenters. The summed E-state index contributed by atoms with van der Waals surface area (Å²) in [5, 5.41) is 3.29. The Kier molecular flexibility index (Phi) is 5.85. The highest BCUT2D eigenvalue weighted by Crippen LogP contribution is 2.13. The molecule has 8 heteroatoms. The van der Waals surface area contributed by atoms with Crippen LogP contribution in [-0.4, -0.2) is 20.1 Å². The van der Waals surface area contributed by atoms with Gasteiger partial charge in [0.05, 0.1) is 21.6 Å². The Morgan fingerprint density at radius 1 is 1.19 bits per heavy atom. The Hall–Kier alpha value is -2.74. The molecule has 0 aliphatic rings. The lowest BCUT2D eigenvalue weighted by Gasteiger charge is -2.12. The van der Waals surface area contributed by atoms with E-state index in [1.165, 1.54) is 4.57 Å². The summed E-state index contributed by atoms with van der Waals surface area (Å²) in [4.78, 5) is 41.8. The van der Waals surface area contributed by atoms with Crippen LogP contribution in [0.2, 0.25) is 0 Å². The lowest BCUT2D eigenvalue weighted by atomic mass is 10.2. The predicted octanol–water partition coefficient (Wildman–Crippen LogP) is 2.34. The molecule has 2 heterocycles. The Bertz CT molecular complexity index is 1080. The van der Waals surface area contributed by atoms with Crippen molar-refractivity contribution in [3.05, 3.63) is 61.2 Å². The van der Waals surface area contributed by atoms with Gasteiger partial charge in [-0.1, -0.05) is 19.1 Å². The van der Waals surface area contributed by atoms with Crippen LogP contribution in [0.1, 0.15) is 31.0 Å². The minimum atomic E-state index is -0.548. The van der Waals surface area contributed by atoms with Crippen LogP contribution >= 0.6 is 11.3 Å². The minimum Gasteiger partial charge on any atom is -0.458 e. The summed E-state index contributed by atoms with van der Waals surface area (Å²) in [5.74, 6) is -0.548. The summed E-state index contributed by atoms with van der Waals surface area (Å²) in [7, 11) is 0. The zero-order valence-electron chi connectivity index (χ0n) is 15.3. The summed E-state index contributed by atoms with van der Waals surface area (Å²) in [6, 6.07) is 6.76. The number of hydrogen-bond donors (Lipinski definition) is 0. The van der Waals surface area contributed by atoms with Gasteiger partial charge in [0.1, 0.15) is 13.2 Å². The first-order valence-electron chi connectivity index (χ1n) is 8.86. The summed E-state index contributed by atoms with van der Waals surface area (Å²) in [6.45, 7) is 3.84.